The molecule has 158 valence electrons. The Morgan fingerprint density at radius 2 is 1.87 bits per heavy atom. The van der Waals surface area contributed by atoms with E-state index in [-0.39, 0.29) is 17.6 Å². The monoisotopic (exact) mass is 410 g/mol. The summed E-state index contributed by atoms with van der Waals surface area (Å²) < 4.78 is 25.8. The molecule has 1 fully saturated rings. The van der Waals surface area contributed by atoms with E-state index in [1.54, 1.807) is 11.0 Å². The zero-order chi connectivity index (χ0) is 21.7. The Morgan fingerprint density at radius 1 is 1.20 bits per heavy atom. The number of halogens is 1. The average Bonchev–Trinajstić information content (AvgIpc) is 2.71. The van der Waals surface area contributed by atoms with Gasteiger partial charge in [-0.25, -0.2) is 9.18 Å². The number of carbonyl (C=O) groups is 1. The van der Waals surface area contributed by atoms with Crippen LogP contribution in [0.1, 0.15) is 39.2 Å². The van der Waals surface area contributed by atoms with Gasteiger partial charge in [0.1, 0.15) is 23.2 Å². The predicted molar refractivity (Wildman–Crippen MR) is 113 cm³/mol. The van der Waals surface area contributed by atoms with Crippen molar-refractivity contribution in [1.29, 1.82) is 5.26 Å². The summed E-state index contributed by atoms with van der Waals surface area (Å²) in [5.41, 5.74) is 0.795. The van der Waals surface area contributed by atoms with Crippen molar-refractivity contribution in [3.8, 4) is 22.9 Å². The normalized spacial score (nSPS) is 14.8. The molecule has 0 spiro atoms. The summed E-state index contributed by atoms with van der Waals surface area (Å²) in [6, 6.07) is 14.2. The fourth-order valence-electron chi connectivity index (χ4n) is 3.45. The van der Waals surface area contributed by atoms with Gasteiger partial charge in [0.25, 0.3) is 0 Å². The Balaban J connectivity index is 1.61. The molecule has 1 heterocycles. The van der Waals surface area contributed by atoms with Crippen molar-refractivity contribution in [3.63, 3.8) is 0 Å². The maximum Gasteiger partial charge on any atom is 0.410 e. The lowest BCUT2D eigenvalue weighted by molar-refractivity contribution is 0.0165. The first-order valence-electron chi connectivity index (χ1n) is 10.2. The Kier molecular flexibility index (Phi) is 6.61. The fraction of sp³-hybridized carbons (Fsp3) is 0.417. The van der Waals surface area contributed by atoms with Gasteiger partial charge in [-0.05, 0) is 51.2 Å². The molecule has 0 radical (unpaired) electrons. The second kappa shape index (κ2) is 9.17. The number of nitrogens with zero attached hydrogens (tertiary/aromatic N) is 2. The van der Waals surface area contributed by atoms with Crippen LogP contribution in [0.15, 0.2) is 42.5 Å². The fourth-order valence-corrected chi connectivity index (χ4v) is 3.45. The van der Waals surface area contributed by atoms with Crippen LogP contribution in [0.25, 0.3) is 11.1 Å². The van der Waals surface area contributed by atoms with Gasteiger partial charge in [-0.2, -0.15) is 5.26 Å². The van der Waals surface area contributed by atoms with Gasteiger partial charge in [0.2, 0.25) is 0 Å². The average molecular weight is 410 g/mol. The molecule has 0 aliphatic carbocycles. The lowest BCUT2D eigenvalue weighted by Gasteiger charge is -2.33. The predicted octanol–water partition coefficient (Wildman–Crippen LogP) is 5.39. The van der Waals surface area contributed by atoms with E-state index in [1.165, 1.54) is 6.07 Å². The molecule has 5 nitrogen and oxygen atoms in total. The topological polar surface area (TPSA) is 62.6 Å². The first-order chi connectivity index (χ1) is 14.3. The van der Waals surface area contributed by atoms with Gasteiger partial charge in [-0.1, -0.05) is 30.3 Å². The van der Waals surface area contributed by atoms with E-state index in [2.05, 4.69) is 0 Å². The molecular formula is C24H27FN2O3. The minimum atomic E-state index is -0.589. The van der Waals surface area contributed by atoms with E-state index in [9.17, 15) is 14.4 Å². The number of rotatable bonds is 4. The van der Waals surface area contributed by atoms with Gasteiger partial charge in [0, 0.05) is 24.7 Å². The van der Waals surface area contributed by atoms with E-state index < -0.39 is 11.4 Å². The van der Waals surface area contributed by atoms with Crippen LogP contribution in [0.2, 0.25) is 0 Å². The summed E-state index contributed by atoms with van der Waals surface area (Å²) >= 11 is 0. The number of hydrogen-bond donors (Lipinski definition) is 0. The van der Waals surface area contributed by atoms with Crippen LogP contribution >= 0.6 is 0 Å². The van der Waals surface area contributed by atoms with Gasteiger partial charge in [0.05, 0.1) is 12.2 Å². The third-order valence-corrected chi connectivity index (χ3v) is 5.01. The van der Waals surface area contributed by atoms with E-state index in [0.29, 0.717) is 31.0 Å². The van der Waals surface area contributed by atoms with Crippen molar-refractivity contribution in [2.24, 2.45) is 5.92 Å². The molecule has 0 atom stereocenters. The summed E-state index contributed by atoms with van der Waals surface area (Å²) in [5.74, 6) is 0.0797. The third kappa shape index (κ3) is 5.50. The van der Waals surface area contributed by atoms with Crippen molar-refractivity contribution < 1.29 is 18.7 Å². The summed E-state index contributed by atoms with van der Waals surface area (Å²) in [7, 11) is 0. The van der Waals surface area contributed by atoms with Crippen LogP contribution in [-0.2, 0) is 4.74 Å². The van der Waals surface area contributed by atoms with Crippen molar-refractivity contribution in [1.82, 2.24) is 4.90 Å². The highest BCUT2D eigenvalue weighted by molar-refractivity contribution is 5.72. The van der Waals surface area contributed by atoms with Gasteiger partial charge >= 0.3 is 6.09 Å². The van der Waals surface area contributed by atoms with Crippen LogP contribution < -0.4 is 4.74 Å². The highest BCUT2D eigenvalue weighted by atomic mass is 19.1. The molecule has 0 saturated carbocycles. The molecular weight excluding hydrogens is 383 g/mol. The number of benzene rings is 2. The minimum absolute atomic E-state index is 0.0132. The Hall–Kier alpha value is -3.07. The number of hydrogen-bond acceptors (Lipinski definition) is 4. The molecule has 0 unspecified atom stereocenters. The molecule has 2 aromatic carbocycles. The molecule has 30 heavy (non-hydrogen) atoms. The number of nitriles is 1. The summed E-state index contributed by atoms with van der Waals surface area (Å²) in [4.78, 5) is 13.9. The summed E-state index contributed by atoms with van der Waals surface area (Å²) in [6.45, 7) is 7.21. The lowest BCUT2D eigenvalue weighted by Crippen LogP contribution is -2.42. The number of ether oxygens (including phenoxy) is 2. The standard InChI is InChI=1S/C24H27FN2O3/c1-24(2,3)30-23(28)27-11-9-17(10-12-27)16-29-19-13-20(18-7-5-4-6-8-18)21(15-26)22(25)14-19/h4-8,13-14,17H,9-12,16H2,1-3H3. The number of carbonyl (C=O) groups excluding carboxylic acids is 1. The largest absolute Gasteiger partial charge is 0.493 e. The number of piperidine rings is 1. The zero-order valence-electron chi connectivity index (χ0n) is 17.7. The second-order valence-electron chi connectivity index (χ2n) is 8.53. The molecule has 0 aromatic heterocycles. The highest BCUT2D eigenvalue weighted by Crippen LogP contribution is 2.31. The molecule has 1 saturated heterocycles. The molecule has 1 aliphatic heterocycles. The quantitative estimate of drug-likeness (QED) is 0.678. The van der Waals surface area contributed by atoms with Gasteiger partial charge < -0.3 is 14.4 Å². The van der Waals surface area contributed by atoms with Crippen molar-refractivity contribution in [2.45, 2.75) is 39.2 Å². The van der Waals surface area contributed by atoms with Crippen molar-refractivity contribution in [2.75, 3.05) is 19.7 Å². The maximum absolute atomic E-state index is 14.5. The molecule has 2 aromatic rings. The molecule has 1 amide bonds. The van der Waals surface area contributed by atoms with Crippen LogP contribution in [0, 0.1) is 23.1 Å². The smallest absolute Gasteiger partial charge is 0.410 e. The minimum Gasteiger partial charge on any atom is -0.493 e. The molecule has 1 aliphatic rings. The third-order valence-electron chi connectivity index (χ3n) is 5.01. The van der Waals surface area contributed by atoms with Gasteiger partial charge in [-0.3, -0.25) is 0 Å². The van der Waals surface area contributed by atoms with Crippen molar-refractivity contribution >= 4 is 6.09 Å². The van der Waals surface area contributed by atoms with Crippen LogP contribution in [0.3, 0.4) is 0 Å². The lowest BCUT2D eigenvalue weighted by atomic mass is 9.97. The van der Waals surface area contributed by atoms with E-state index in [4.69, 9.17) is 9.47 Å². The van der Waals surface area contributed by atoms with Crippen LogP contribution in [-0.4, -0.2) is 36.3 Å². The second-order valence-corrected chi connectivity index (χ2v) is 8.53. The highest BCUT2D eigenvalue weighted by Gasteiger charge is 2.27. The zero-order valence-corrected chi connectivity index (χ0v) is 17.7. The van der Waals surface area contributed by atoms with Crippen LogP contribution in [0.5, 0.6) is 5.75 Å². The van der Waals surface area contributed by atoms with Crippen LogP contribution in [0.4, 0.5) is 9.18 Å². The number of likely N-dealkylation sites (tertiary alicyclic amines) is 1. The Morgan fingerprint density at radius 3 is 2.47 bits per heavy atom. The summed E-state index contributed by atoms with van der Waals surface area (Å²) in [5, 5.41) is 9.35. The van der Waals surface area contributed by atoms with E-state index in [1.807, 2.05) is 57.2 Å². The first-order valence-corrected chi connectivity index (χ1v) is 10.2. The first kappa shape index (κ1) is 21.6. The molecule has 6 heteroatoms. The molecule has 0 N–H and O–H groups in total. The van der Waals surface area contributed by atoms with Gasteiger partial charge in [-0.15, -0.1) is 0 Å². The molecule has 0 bridgehead atoms. The summed E-state index contributed by atoms with van der Waals surface area (Å²) in [6.07, 6.45) is 1.30. The SMILES string of the molecule is CC(C)(C)OC(=O)N1CCC(COc2cc(F)c(C#N)c(-c3ccccc3)c2)CC1. The van der Waals surface area contributed by atoms with Gasteiger partial charge in [0.15, 0.2) is 0 Å². The van der Waals surface area contributed by atoms with E-state index in [0.717, 1.165) is 18.4 Å². The Labute approximate surface area is 177 Å². The maximum atomic E-state index is 14.5. The van der Waals surface area contributed by atoms with E-state index >= 15 is 0 Å². The number of amides is 1. The molecule has 3 rings (SSSR count). The Bertz CT molecular complexity index is 924. The van der Waals surface area contributed by atoms with Crippen molar-refractivity contribution in [3.05, 3.63) is 53.8 Å².